The Morgan fingerprint density at radius 3 is 2.65 bits per heavy atom. The van der Waals surface area contributed by atoms with Crippen molar-refractivity contribution in [2.45, 2.75) is 13.5 Å². The number of hydrogen-bond acceptors (Lipinski definition) is 4. The lowest BCUT2D eigenvalue weighted by Crippen LogP contribution is -2.03. The molecule has 3 aromatic rings. The summed E-state index contributed by atoms with van der Waals surface area (Å²) in [5.74, 6) is -0.0724. The zero-order valence-electron chi connectivity index (χ0n) is 12.7. The fourth-order valence-electron chi connectivity index (χ4n) is 2.29. The van der Waals surface area contributed by atoms with Crippen LogP contribution in [0.1, 0.15) is 11.1 Å². The van der Waals surface area contributed by atoms with E-state index in [4.69, 9.17) is 4.74 Å². The topological polar surface area (TPSA) is 47.0 Å². The van der Waals surface area contributed by atoms with Gasteiger partial charge in [-0.05, 0) is 30.2 Å². The van der Waals surface area contributed by atoms with E-state index in [1.54, 1.807) is 19.1 Å². The van der Waals surface area contributed by atoms with Crippen molar-refractivity contribution in [1.29, 1.82) is 0 Å². The summed E-state index contributed by atoms with van der Waals surface area (Å²) in [6, 6.07) is 7.89. The number of benzene rings is 2. The average Bonchev–Trinajstić information content (AvgIpc) is 2.55. The van der Waals surface area contributed by atoms with Crippen LogP contribution in [0.25, 0.3) is 10.9 Å². The van der Waals surface area contributed by atoms with Crippen LogP contribution < -0.4 is 10.1 Å². The fraction of sp³-hybridized carbons (Fsp3) is 0.176. The zero-order chi connectivity index (χ0) is 16.4. The number of methoxy groups -OCH3 is 1. The molecule has 0 aliphatic carbocycles. The maximum atomic E-state index is 13.7. The molecule has 23 heavy (non-hydrogen) atoms. The molecule has 118 valence electrons. The SMILES string of the molecule is COc1cc2c(NCc3ccc(C)c(F)c3)ncnc2cc1F. The van der Waals surface area contributed by atoms with E-state index in [9.17, 15) is 8.78 Å². The van der Waals surface area contributed by atoms with E-state index in [1.807, 2.05) is 6.07 Å². The predicted molar refractivity (Wildman–Crippen MR) is 84.5 cm³/mol. The Hall–Kier alpha value is -2.76. The van der Waals surface area contributed by atoms with Crippen LogP contribution in [-0.4, -0.2) is 17.1 Å². The highest BCUT2D eigenvalue weighted by Gasteiger charge is 2.10. The third-order valence-electron chi connectivity index (χ3n) is 3.61. The zero-order valence-corrected chi connectivity index (χ0v) is 12.7. The molecule has 1 aromatic heterocycles. The molecule has 0 unspecified atom stereocenters. The van der Waals surface area contributed by atoms with Crippen LogP contribution in [0, 0.1) is 18.6 Å². The Morgan fingerprint density at radius 2 is 1.91 bits per heavy atom. The second kappa shape index (κ2) is 6.16. The molecule has 0 bridgehead atoms. The summed E-state index contributed by atoms with van der Waals surface area (Å²) in [5, 5.41) is 3.76. The van der Waals surface area contributed by atoms with Gasteiger partial charge in [-0.2, -0.15) is 0 Å². The Morgan fingerprint density at radius 1 is 1.09 bits per heavy atom. The minimum absolute atomic E-state index is 0.122. The molecule has 0 aliphatic heterocycles. The lowest BCUT2D eigenvalue weighted by molar-refractivity contribution is 0.387. The van der Waals surface area contributed by atoms with Gasteiger partial charge >= 0.3 is 0 Å². The summed E-state index contributed by atoms with van der Waals surface area (Å²) in [6.45, 7) is 2.11. The minimum Gasteiger partial charge on any atom is -0.494 e. The smallest absolute Gasteiger partial charge is 0.167 e. The van der Waals surface area contributed by atoms with Gasteiger partial charge in [0.1, 0.15) is 18.0 Å². The molecule has 0 fully saturated rings. The van der Waals surface area contributed by atoms with E-state index in [2.05, 4.69) is 15.3 Å². The number of halogens is 2. The molecule has 0 amide bonds. The van der Waals surface area contributed by atoms with Gasteiger partial charge in [-0.3, -0.25) is 0 Å². The summed E-state index contributed by atoms with van der Waals surface area (Å²) < 4.78 is 32.3. The van der Waals surface area contributed by atoms with Crippen molar-refractivity contribution in [3.8, 4) is 5.75 Å². The summed E-state index contributed by atoms with van der Waals surface area (Å²) in [4.78, 5) is 8.23. The average molecular weight is 315 g/mol. The van der Waals surface area contributed by atoms with Crippen LogP contribution in [0.3, 0.4) is 0 Å². The molecule has 0 radical (unpaired) electrons. The predicted octanol–water partition coefficient (Wildman–Crippen LogP) is 3.84. The second-order valence-corrected chi connectivity index (χ2v) is 5.16. The van der Waals surface area contributed by atoms with Gasteiger partial charge in [0.2, 0.25) is 0 Å². The van der Waals surface area contributed by atoms with Crippen molar-refractivity contribution in [3.63, 3.8) is 0 Å². The minimum atomic E-state index is -0.481. The van der Waals surface area contributed by atoms with Crippen molar-refractivity contribution in [3.05, 3.63) is 59.4 Å². The highest BCUT2D eigenvalue weighted by molar-refractivity contribution is 5.90. The molecular weight excluding hydrogens is 300 g/mol. The first-order valence-corrected chi connectivity index (χ1v) is 7.05. The molecule has 0 aliphatic rings. The number of hydrogen-bond donors (Lipinski definition) is 1. The van der Waals surface area contributed by atoms with E-state index >= 15 is 0 Å². The van der Waals surface area contributed by atoms with Crippen LogP contribution in [0.15, 0.2) is 36.7 Å². The third kappa shape index (κ3) is 3.06. The standard InChI is InChI=1S/C17H15F2N3O/c1-10-3-4-11(5-13(10)18)8-20-17-12-6-16(23-2)14(19)7-15(12)21-9-22-17/h3-7,9H,8H2,1-2H3,(H,20,21,22). The van der Waals surface area contributed by atoms with Crippen molar-refractivity contribution in [1.82, 2.24) is 9.97 Å². The van der Waals surface area contributed by atoms with Gasteiger partial charge in [0.15, 0.2) is 11.6 Å². The molecule has 3 rings (SSSR count). The van der Waals surface area contributed by atoms with Crippen LogP contribution >= 0.6 is 0 Å². The van der Waals surface area contributed by atoms with Crippen molar-refractivity contribution >= 4 is 16.7 Å². The van der Waals surface area contributed by atoms with Crippen LogP contribution in [0.2, 0.25) is 0 Å². The Kier molecular flexibility index (Phi) is 4.06. The maximum Gasteiger partial charge on any atom is 0.167 e. The Labute approximate surface area is 132 Å². The third-order valence-corrected chi connectivity index (χ3v) is 3.61. The number of nitrogens with zero attached hydrogens (tertiary/aromatic N) is 2. The number of aromatic nitrogens is 2. The number of ether oxygens (including phenoxy) is 1. The van der Waals surface area contributed by atoms with Gasteiger partial charge in [0.05, 0.1) is 12.6 Å². The largest absolute Gasteiger partial charge is 0.494 e. The highest BCUT2D eigenvalue weighted by Crippen LogP contribution is 2.27. The lowest BCUT2D eigenvalue weighted by Gasteiger charge is -2.10. The first kappa shape index (κ1) is 15.1. The highest BCUT2D eigenvalue weighted by atomic mass is 19.1. The van der Waals surface area contributed by atoms with Gasteiger partial charge < -0.3 is 10.1 Å². The number of nitrogens with one attached hydrogen (secondary N) is 1. The molecule has 0 saturated carbocycles. The first-order valence-electron chi connectivity index (χ1n) is 7.05. The number of anilines is 1. The molecular formula is C17H15F2N3O. The van der Waals surface area contributed by atoms with Gasteiger partial charge in [-0.15, -0.1) is 0 Å². The van der Waals surface area contributed by atoms with Crippen molar-refractivity contribution in [2.75, 3.05) is 12.4 Å². The molecule has 4 nitrogen and oxygen atoms in total. The number of rotatable bonds is 4. The molecule has 6 heteroatoms. The van der Waals surface area contributed by atoms with Gasteiger partial charge in [-0.1, -0.05) is 12.1 Å². The van der Waals surface area contributed by atoms with E-state index in [0.29, 0.717) is 28.8 Å². The summed E-state index contributed by atoms with van der Waals surface area (Å²) in [5.41, 5.74) is 1.85. The van der Waals surface area contributed by atoms with Crippen molar-refractivity contribution in [2.24, 2.45) is 0 Å². The van der Waals surface area contributed by atoms with Gasteiger partial charge in [0.25, 0.3) is 0 Å². The normalized spacial score (nSPS) is 10.8. The molecule has 0 saturated heterocycles. The van der Waals surface area contributed by atoms with Gasteiger partial charge in [0, 0.05) is 18.0 Å². The van der Waals surface area contributed by atoms with Gasteiger partial charge in [-0.25, -0.2) is 18.7 Å². The van der Waals surface area contributed by atoms with E-state index in [-0.39, 0.29) is 11.6 Å². The van der Waals surface area contributed by atoms with Crippen LogP contribution in [-0.2, 0) is 6.54 Å². The molecule has 0 atom stereocenters. The van der Waals surface area contributed by atoms with E-state index in [0.717, 1.165) is 5.56 Å². The number of fused-ring (bicyclic) bond motifs is 1. The fourth-order valence-corrected chi connectivity index (χ4v) is 2.29. The second-order valence-electron chi connectivity index (χ2n) is 5.16. The van der Waals surface area contributed by atoms with Crippen LogP contribution in [0.5, 0.6) is 5.75 Å². The summed E-state index contributed by atoms with van der Waals surface area (Å²) >= 11 is 0. The van der Waals surface area contributed by atoms with Crippen LogP contribution in [0.4, 0.5) is 14.6 Å². The Balaban J connectivity index is 1.91. The maximum absolute atomic E-state index is 13.7. The number of aryl methyl sites for hydroxylation is 1. The van der Waals surface area contributed by atoms with E-state index < -0.39 is 5.82 Å². The first-order chi connectivity index (χ1) is 11.1. The summed E-state index contributed by atoms with van der Waals surface area (Å²) in [7, 11) is 1.40. The molecule has 1 N–H and O–H groups in total. The Bertz CT molecular complexity index is 868. The monoisotopic (exact) mass is 315 g/mol. The summed E-state index contributed by atoms with van der Waals surface area (Å²) in [6.07, 6.45) is 1.35. The quantitative estimate of drug-likeness (QED) is 0.795. The molecule has 1 heterocycles. The molecule has 0 spiro atoms. The lowest BCUT2D eigenvalue weighted by atomic mass is 10.1. The van der Waals surface area contributed by atoms with E-state index in [1.165, 1.54) is 25.6 Å². The van der Waals surface area contributed by atoms with Crippen molar-refractivity contribution < 1.29 is 13.5 Å². The molecule has 2 aromatic carbocycles.